The second-order valence-corrected chi connectivity index (χ2v) is 7.99. The lowest BCUT2D eigenvalue weighted by Gasteiger charge is -2.04. The zero-order chi connectivity index (χ0) is 20.5. The van der Waals surface area contributed by atoms with Gasteiger partial charge in [-0.05, 0) is 36.3 Å². The predicted molar refractivity (Wildman–Crippen MR) is 117 cm³/mol. The Morgan fingerprint density at radius 2 is 2.00 bits per heavy atom. The molecule has 0 spiro atoms. The lowest BCUT2D eigenvalue weighted by Crippen LogP contribution is -2.10. The SMILES string of the molecule is COc1ccc(/C=C(\Cl)c2nc3sc(C)c(-c4ccccc4)c3c(=O)[nH]2)cc1F. The summed E-state index contributed by atoms with van der Waals surface area (Å²) in [5.74, 6) is -0.112. The molecule has 0 saturated heterocycles. The fourth-order valence-electron chi connectivity index (χ4n) is 3.17. The summed E-state index contributed by atoms with van der Waals surface area (Å²) < 4.78 is 18.8. The topological polar surface area (TPSA) is 55.0 Å². The van der Waals surface area contributed by atoms with Crippen molar-refractivity contribution in [1.82, 2.24) is 9.97 Å². The van der Waals surface area contributed by atoms with Crippen LogP contribution >= 0.6 is 22.9 Å². The Balaban J connectivity index is 1.80. The average molecular weight is 427 g/mol. The van der Waals surface area contributed by atoms with Crippen molar-refractivity contribution in [2.24, 2.45) is 0 Å². The molecule has 0 aliphatic heterocycles. The number of hydrogen-bond acceptors (Lipinski definition) is 4. The molecule has 146 valence electrons. The van der Waals surface area contributed by atoms with Crippen LogP contribution in [0.2, 0.25) is 0 Å². The van der Waals surface area contributed by atoms with E-state index in [9.17, 15) is 9.18 Å². The summed E-state index contributed by atoms with van der Waals surface area (Å²) in [4.78, 5) is 21.7. The first kappa shape index (κ1) is 19.4. The van der Waals surface area contributed by atoms with E-state index in [4.69, 9.17) is 16.3 Å². The van der Waals surface area contributed by atoms with Gasteiger partial charge in [0.05, 0.1) is 17.5 Å². The van der Waals surface area contributed by atoms with Crippen molar-refractivity contribution in [1.29, 1.82) is 0 Å². The number of nitrogens with one attached hydrogen (secondary N) is 1. The van der Waals surface area contributed by atoms with E-state index in [1.165, 1.54) is 30.6 Å². The Kier molecular flexibility index (Phi) is 5.22. The minimum Gasteiger partial charge on any atom is -0.494 e. The fourth-order valence-corrected chi connectivity index (χ4v) is 4.43. The molecule has 0 aliphatic rings. The predicted octanol–water partition coefficient (Wildman–Crippen LogP) is 5.84. The van der Waals surface area contributed by atoms with E-state index in [2.05, 4.69) is 9.97 Å². The molecule has 4 nitrogen and oxygen atoms in total. The monoisotopic (exact) mass is 426 g/mol. The lowest BCUT2D eigenvalue weighted by atomic mass is 10.0. The van der Waals surface area contributed by atoms with Gasteiger partial charge in [-0.25, -0.2) is 9.37 Å². The molecule has 2 aromatic carbocycles. The quantitative estimate of drug-likeness (QED) is 0.445. The van der Waals surface area contributed by atoms with Gasteiger partial charge in [0.25, 0.3) is 5.56 Å². The molecule has 0 fully saturated rings. The minimum absolute atomic E-state index is 0.147. The molecule has 0 unspecified atom stereocenters. The number of methoxy groups -OCH3 is 1. The van der Waals surface area contributed by atoms with Gasteiger partial charge in [0.1, 0.15) is 4.83 Å². The first-order chi connectivity index (χ1) is 14.0. The second kappa shape index (κ2) is 7.81. The van der Waals surface area contributed by atoms with Gasteiger partial charge in [-0.1, -0.05) is 48.0 Å². The number of hydrogen-bond donors (Lipinski definition) is 1. The van der Waals surface area contributed by atoms with Gasteiger partial charge in [0, 0.05) is 10.4 Å². The molecule has 0 radical (unpaired) electrons. The van der Waals surface area contributed by atoms with E-state index in [-0.39, 0.29) is 22.2 Å². The fraction of sp³-hybridized carbons (Fsp3) is 0.0909. The molecule has 0 atom stereocenters. The summed E-state index contributed by atoms with van der Waals surface area (Å²) in [6, 6.07) is 14.2. The highest BCUT2D eigenvalue weighted by Gasteiger charge is 2.17. The standard InChI is InChI=1S/C22H16ClFN2O2S/c1-12-18(14-6-4-3-5-7-14)19-21(27)25-20(26-22(19)29-12)15(23)10-13-8-9-17(28-2)16(24)11-13/h3-11H,1-2H3,(H,25,26,27)/b15-10-. The number of halogens is 2. The third-order valence-corrected chi connectivity index (χ3v) is 5.78. The number of benzene rings is 2. The first-order valence-corrected chi connectivity index (χ1v) is 9.97. The number of rotatable bonds is 4. The van der Waals surface area contributed by atoms with Crippen LogP contribution in [-0.4, -0.2) is 17.1 Å². The van der Waals surface area contributed by atoms with E-state index in [0.717, 1.165) is 16.0 Å². The van der Waals surface area contributed by atoms with E-state index < -0.39 is 5.82 Å². The molecule has 0 bridgehead atoms. The zero-order valence-electron chi connectivity index (χ0n) is 15.6. The van der Waals surface area contributed by atoms with Crippen LogP contribution < -0.4 is 10.3 Å². The Labute approximate surface area is 175 Å². The summed E-state index contributed by atoms with van der Waals surface area (Å²) in [7, 11) is 1.40. The Morgan fingerprint density at radius 1 is 1.24 bits per heavy atom. The van der Waals surface area contributed by atoms with Crippen molar-refractivity contribution in [2.45, 2.75) is 6.92 Å². The van der Waals surface area contributed by atoms with Gasteiger partial charge >= 0.3 is 0 Å². The number of aryl methyl sites for hydroxylation is 1. The molecule has 0 saturated carbocycles. The number of H-pyrrole nitrogens is 1. The Bertz CT molecular complexity index is 1300. The summed E-state index contributed by atoms with van der Waals surface area (Å²) in [6.07, 6.45) is 1.55. The summed E-state index contributed by atoms with van der Waals surface area (Å²) in [6.45, 7) is 1.96. The van der Waals surface area contributed by atoms with Crippen molar-refractivity contribution < 1.29 is 9.13 Å². The number of aromatic nitrogens is 2. The maximum absolute atomic E-state index is 13.9. The third-order valence-electron chi connectivity index (χ3n) is 4.50. The summed E-state index contributed by atoms with van der Waals surface area (Å²) >= 11 is 7.82. The van der Waals surface area contributed by atoms with Crippen molar-refractivity contribution >= 4 is 44.3 Å². The van der Waals surface area contributed by atoms with Crippen LogP contribution in [0.4, 0.5) is 4.39 Å². The smallest absolute Gasteiger partial charge is 0.260 e. The van der Waals surface area contributed by atoms with Crippen LogP contribution in [0.3, 0.4) is 0 Å². The largest absolute Gasteiger partial charge is 0.494 e. The van der Waals surface area contributed by atoms with Crippen LogP contribution in [0.1, 0.15) is 16.3 Å². The molecular weight excluding hydrogens is 411 g/mol. The first-order valence-electron chi connectivity index (χ1n) is 8.78. The third kappa shape index (κ3) is 3.69. The van der Waals surface area contributed by atoms with Crippen LogP contribution in [0.15, 0.2) is 53.3 Å². The average Bonchev–Trinajstić information content (AvgIpc) is 3.05. The molecule has 2 heterocycles. The molecule has 4 aromatic rings. The number of aromatic amines is 1. The second-order valence-electron chi connectivity index (χ2n) is 6.38. The maximum Gasteiger partial charge on any atom is 0.260 e. The van der Waals surface area contributed by atoms with E-state index in [1.807, 2.05) is 37.3 Å². The molecular formula is C22H16ClFN2O2S. The number of fused-ring (bicyclic) bond motifs is 1. The molecule has 1 N–H and O–H groups in total. The summed E-state index contributed by atoms with van der Waals surface area (Å²) in [5, 5.41) is 0.753. The van der Waals surface area contributed by atoms with Gasteiger partial charge in [-0.15, -0.1) is 11.3 Å². The molecule has 2 aromatic heterocycles. The highest BCUT2D eigenvalue weighted by molar-refractivity contribution is 7.19. The highest BCUT2D eigenvalue weighted by atomic mass is 35.5. The van der Waals surface area contributed by atoms with Crippen molar-refractivity contribution in [2.75, 3.05) is 7.11 Å². The van der Waals surface area contributed by atoms with Crippen molar-refractivity contribution in [3.8, 4) is 16.9 Å². The van der Waals surface area contributed by atoms with Gasteiger partial charge in [-0.2, -0.15) is 0 Å². The molecule has 0 amide bonds. The highest BCUT2D eigenvalue weighted by Crippen LogP contribution is 2.36. The lowest BCUT2D eigenvalue weighted by molar-refractivity contribution is 0.386. The summed E-state index contributed by atoms with van der Waals surface area (Å²) in [5.41, 5.74) is 2.11. The maximum atomic E-state index is 13.9. The number of thiophene rings is 1. The molecule has 0 aliphatic carbocycles. The zero-order valence-corrected chi connectivity index (χ0v) is 17.2. The van der Waals surface area contributed by atoms with Gasteiger partial charge in [0.2, 0.25) is 0 Å². The Morgan fingerprint density at radius 3 is 2.69 bits per heavy atom. The van der Waals surface area contributed by atoms with Crippen LogP contribution in [-0.2, 0) is 0 Å². The van der Waals surface area contributed by atoms with E-state index in [0.29, 0.717) is 15.8 Å². The van der Waals surface area contributed by atoms with Crippen molar-refractivity contribution in [3.63, 3.8) is 0 Å². The molecule has 29 heavy (non-hydrogen) atoms. The normalized spacial score (nSPS) is 11.8. The van der Waals surface area contributed by atoms with Gasteiger partial charge in [-0.3, -0.25) is 4.79 Å². The number of ether oxygens (including phenoxy) is 1. The Hall–Kier alpha value is -2.96. The van der Waals surface area contributed by atoms with Gasteiger partial charge in [0.15, 0.2) is 17.4 Å². The van der Waals surface area contributed by atoms with E-state index >= 15 is 0 Å². The van der Waals surface area contributed by atoms with E-state index in [1.54, 1.807) is 12.1 Å². The van der Waals surface area contributed by atoms with Crippen LogP contribution in [0.5, 0.6) is 5.75 Å². The van der Waals surface area contributed by atoms with Gasteiger partial charge < -0.3 is 9.72 Å². The molecule has 4 rings (SSSR count). The minimum atomic E-state index is -0.496. The molecule has 7 heteroatoms. The van der Waals surface area contributed by atoms with Crippen LogP contribution in [0, 0.1) is 12.7 Å². The van der Waals surface area contributed by atoms with Crippen molar-refractivity contribution in [3.05, 3.63) is 81.0 Å². The number of nitrogens with zero attached hydrogens (tertiary/aromatic N) is 1. The van der Waals surface area contributed by atoms with Crippen LogP contribution in [0.25, 0.3) is 32.5 Å².